The summed E-state index contributed by atoms with van der Waals surface area (Å²) in [4.78, 5) is 0. The van der Waals surface area contributed by atoms with Crippen LogP contribution in [0, 0.1) is 0 Å². The largest absolute Gasteiger partial charge is 0.493 e. The first kappa shape index (κ1) is 17.8. The molecule has 0 aliphatic heterocycles. The molecule has 1 aromatic rings. The van der Waals surface area contributed by atoms with Crippen molar-refractivity contribution >= 4 is 0 Å². The van der Waals surface area contributed by atoms with Crippen molar-refractivity contribution in [1.29, 1.82) is 0 Å². The molecule has 1 atom stereocenters. The van der Waals surface area contributed by atoms with E-state index in [-0.39, 0.29) is 0 Å². The highest BCUT2D eigenvalue weighted by Gasteiger charge is 2.04. The second kappa shape index (κ2) is 11.4. The third-order valence-corrected chi connectivity index (χ3v) is 2.94. The fourth-order valence-corrected chi connectivity index (χ4v) is 1.76. The van der Waals surface area contributed by atoms with E-state index in [2.05, 4.69) is 12.2 Å². The number of methoxy groups -OCH3 is 1. The molecule has 5 heteroatoms. The third-order valence-electron chi connectivity index (χ3n) is 2.94. The summed E-state index contributed by atoms with van der Waals surface area (Å²) in [6, 6.07) is 7.54. The van der Waals surface area contributed by atoms with Crippen LogP contribution in [0.2, 0.25) is 0 Å². The van der Waals surface area contributed by atoms with E-state index in [0.29, 0.717) is 32.9 Å². The van der Waals surface area contributed by atoms with Gasteiger partial charge in [-0.15, -0.1) is 0 Å². The van der Waals surface area contributed by atoms with Crippen LogP contribution in [-0.2, 0) is 4.74 Å². The van der Waals surface area contributed by atoms with Gasteiger partial charge in [-0.25, -0.2) is 0 Å². The number of hydrogen-bond acceptors (Lipinski definition) is 5. The van der Waals surface area contributed by atoms with Crippen LogP contribution in [0.25, 0.3) is 0 Å². The first-order valence-corrected chi connectivity index (χ1v) is 7.50. The molecule has 0 saturated carbocycles. The molecule has 1 aromatic carbocycles. The van der Waals surface area contributed by atoms with Crippen LogP contribution in [0.1, 0.15) is 19.8 Å². The average molecular weight is 297 g/mol. The molecule has 0 bridgehead atoms. The SMILES string of the molecule is CCCCOC[C@H](O)CNCCOc1ccccc1OC. The normalized spacial score (nSPS) is 12.1. The Balaban J connectivity index is 2.06. The molecule has 0 heterocycles. The Morgan fingerprint density at radius 2 is 1.95 bits per heavy atom. The number of ether oxygens (including phenoxy) is 3. The maximum Gasteiger partial charge on any atom is 0.161 e. The summed E-state index contributed by atoms with van der Waals surface area (Å²) in [6.07, 6.45) is 1.66. The van der Waals surface area contributed by atoms with Crippen LogP contribution < -0.4 is 14.8 Å². The van der Waals surface area contributed by atoms with Crippen molar-refractivity contribution in [1.82, 2.24) is 5.32 Å². The van der Waals surface area contributed by atoms with E-state index in [4.69, 9.17) is 14.2 Å². The van der Waals surface area contributed by atoms with Crippen LogP contribution in [0.4, 0.5) is 0 Å². The van der Waals surface area contributed by atoms with Crippen LogP contribution >= 0.6 is 0 Å². The highest BCUT2D eigenvalue weighted by molar-refractivity contribution is 5.39. The minimum absolute atomic E-state index is 0.375. The average Bonchev–Trinajstić information content (AvgIpc) is 2.51. The minimum Gasteiger partial charge on any atom is -0.493 e. The molecule has 2 N–H and O–H groups in total. The monoisotopic (exact) mass is 297 g/mol. The van der Waals surface area contributed by atoms with Crippen molar-refractivity contribution in [3.8, 4) is 11.5 Å². The summed E-state index contributed by atoms with van der Waals surface area (Å²) in [5.41, 5.74) is 0. The molecule has 0 amide bonds. The van der Waals surface area contributed by atoms with Gasteiger partial charge in [-0.1, -0.05) is 25.5 Å². The van der Waals surface area contributed by atoms with Gasteiger partial charge >= 0.3 is 0 Å². The van der Waals surface area contributed by atoms with Crippen LogP contribution in [-0.4, -0.2) is 51.2 Å². The van der Waals surface area contributed by atoms with E-state index < -0.39 is 6.10 Å². The van der Waals surface area contributed by atoms with Crippen LogP contribution in [0.3, 0.4) is 0 Å². The Labute approximate surface area is 127 Å². The third kappa shape index (κ3) is 7.90. The lowest BCUT2D eigenvalue weighted by molar-refractivity contribution is 0.0356. The van der Waals surface area contributed by atoms with E-state index in [1.807, 2.05) is 24.3 Å². The van der Waals surface area contributed by atoms with Crippen LogP contribution in [0.15, 0.2) is 24.3 Å². The van der Waals surface area contributed by atoms with Crippen molar-refractivity contribution in [2.24, 2.45) is 0 Å². The van der Waals surface area contributed by atoms with Gasteiger partial charge in [0.15, 0.2) is 11.5 Å². The molecular weight excluding hydrogens is 270 g/mol. The quantitative estimate of drug-likeness (QED) is 0.577. The Bertz CT molecular complexity index is 373. The van der Waals surface area contributed by atoms with Gasteiger partial charge in [0.1, 0.15) is 6.61 Å². The van der Waals surface area contributed by atoms with Gasteiger partial charge in [-0.2, -0.15) is 0 Å². The van der Waals surface area contributed by atoms with Crippen molar-refractivity contribution < 1.29 is 19.3 Å². The van der Waals surface area contributed by atoms with E-state index in [1.165, 1.54) is 0 Å². The van der Waals surface area contributed by atoms with E-state index >= 15 is 0 Å². The van der Waals surface area contributed by atoms with Gasteiger partial charge in [0, 0.05) is 19.7 Å². The predicted molar refractivity (Wildman–Crippen MR) is 83.1 cm³/mol. The summed E-state index contributed by atoms with van der Waals surface area (Å²) >= 11 is 0. The summed E-state index contributed by atoms with van der Waals surface area (Å²) < 4.78 is 16.2. The van der Waals surface area contributed by atoms with Crippen molar-refractivity contribution in [3.05, 3.63) is 24.3 Å². The standard InChI is InChI=1S/C16H27NO4/c1-3-4-10-20-13-14(18)12-17-9-11-21-16-8-6-5-7-15(16)19-2/h5-8,14,17-18H,3-4,9-13H2,1-2H3/t14-/m1/s1. The van der Waals surface area contributed by atoms with Gasteiger partial charge in [-0.3, -0.25) is 0 Å². The van der Waals surface area contributed by atoms with Gasteiger partial charge in [0.2, 0.25) is 0 Å². The number of nitrogens with one attached hydrogen (secondary N) is 1. The molecule has 0 saturated heterocycles. The molecule has 0 fully saturated rings. The molecule has 21 heavy (non-hydrogen) atoms. The van der Waals surface area contributed by atoms with Crippen molar-refractivity contribution in [2.45, 2.75) is 25.9 Å². The lowest BCUT2D eigenvalue weighted by Gasteiger charge is -2.13. The lowest BCUT2D eigenvalue weighted by Crippen LogP contribution is -2.33. The number of aliphatic hydroxyl groups is 1. The molecular formula is C16H27NO4. The Hall–Kier alpha value is -1.30. The van der Waals surface area contributed by atoms with Gasteiger partial charge in [-0.05, 0) is 18.6 Å². The summed E-state index contributed by atoms with van der Waals surface area (Å²) in [6.45, 7) is 4.88. The zero-order valence-electron chi connectivity index (χ0n) is 13.0. The maximum absolute atomic E-state index is 9.70. The van der Waals surface area contributed by atoms with Crippen LogP contribution in [0.5, 0.6) is 11.5 Å². The highest BCUT2D eigenvalue weighted by atomic mass is 16.5. The van der Waals surface area contributed by atoms with Crippen molar-refractivity contribution in [3.63, 3.8) is 0 Å². The van der Waals surface area contributed by atoms with E-state index in [9.17, 15) is 5.11 Å². The molecule has 0 unspecified atom stereocenters. The topological polar surface area (TPSA) is 60.0 Å². The Morgan fingerprint density at radius 1 is 1.19 bits per heavy atom. The number of hydrogen-bond donors (Lipinski definition) is 2. The first-order valence-electron chi connectivity index (χ1n) is 7.50. The number of rotatable bonds is 12. The first-order chi connectivity index (χ1) is 10.3. The zero-order chi connectivity index (χ0) is 15.3. The number of unbranched alkanes of at least 4 members (excludes halogenated alkanes) is 1. The fraction of sp³-hybridized carbons (Fsp3) is 0.625. The summed E-state index contributed by atoms with van der Waals surface area (Å²) in [7, 11) is 1.62. The number of para-hydroxylation sites is 2. The number of benzene rings is 1. The molecule has 5 nitrogen and oxygen atoms in total. The molecule has 0 radical (unpaired) electrons. The molecule has 0 aromatic heterocycles. The molecule has 1 rings (SSSR count). The summed E-state index contributed by atoms with van der Waals surface area (Å²) in [5, 5.41) is 12.8. The molecule has 0 aliphatic rings. The number of aliphatic hydroxyl groups excluding tert-OH is 1. The zero-order valence-corrected chi connectivity index (χ0v) is 13.0. The Kier molecular flexibility index (Phi) is 9.61. The minimum atomic E-state index is -0.479. The van der Waals surface area contributed by atoms with Gasteiger partial charge in [0.05, 0.1) is 19.8 Å². The van der Waals surface area contributed by atoms with Crippen molar-refractivity contribution in [2.75, 3.05) is 40.0 Å². The van der Waals surface area contributed by atoms with Gasteiger partial charge in [0.25, 0.3) is 0 Å². The predicted octanol–water partition coefficient (Wildman–Crippen LogP) is 1.84. The molecule has 120 valence electrons. The summed E-state index contributed by atoms with van der Waals surface area (Å²) in [5.74, 6) is 1.45. The fourth-order valence-electron chi connectivity index (χ4n) is 1.76. The van der Waals surface area contributed by atoms with E-state index in [0.717, 1.165) is 24.3 Å². The molecule has 0 aliphatic carbocycles. The highest BCUT2D eigenvalue weighted by Crippen LogP contribution is 2.25. The lowest BCUT2D eigenvalue weighted by atomic mass is 10.3. The van der Waals surface area contributed by atoms with Gasteiger partial charge < -0.3 is 24.6 Å². The maximum atomic E-state index is 9.70. The second-order valence-corrected chi connectivity index (χ2v) is 4.79. The second-order valence-electron chi connectivity index (χ2n) is 4.79. The Morgan fingerprint density at radius 3 is 2.67 bits per heavy atom. The smallest absolute Gasteiger partial charge is 0.161 e. The van der Waals surface area contributed by atoms with E-state index in [1.54, 1.807) is 7.11 Å². The molecule has 0 spiro atoms.